The molecule has 2 heteroatoms. The molecular weight excluding hydrogens is 507 g/mol. The largest absolute Gasteiger partial charge is 1.00 e. The van der Waals surface area contributed by atoms with E-state index < -0.39 is 7.26 Å². The molecule has 1 aliphatic carbocycles. The van der Waals surface area contributed by atoms with E-state index >= 15 is 0 Å². The van der Waals surface area contributed by atoms with Crippen LogP contribution in [-0.2, 0) is 0 Å². The maximum Gasteiger partial charge on any atom is 0.116 e. The van der Waals surface area contributed by atoms with Crippen LogP contribution in [0.4, 0.5) is 0 Å². The molecule has 0 heterocycles. The molecule has 0 saturated heterocycles. The number of benzene rings is 3. The molecule has 0 spiro atoms. The summed E-state index contributed by atoms with van der Waals surface area (Å²) in [6.45, 7) is 9.13. The van der Waals surface area contributed by atoms with Gasteiger partial charge in [0.1, 0.15) is 23.2 Å². The van der Waals surface area contributed by atoms with Crippen LogP contribution in [0.5, 0.6) is 0 Å². The van der Waals surface area contributed by atoms with Gasteiger partial charge in [0.15, 0.2) is 0 Å². The van der Waals surface area contributed by atoms with E-state index in [-0.39, 0.29) is 22.4 Å². The van der Waals surface area contributed by atoms with E-state index in [1.165, 1.54) is 46.3 Å². The molecule has 0 N–H and O–H groups in total. The zero-order valence-corrected chi connectivity index (χ0v) is 23.9. The number of hydrogen-bond donors (Lipinski definition) is 0. The van der Waals surface area contributed by atoms with E-state index in [0.717, 1.165) is 11.7 Å². The van der Waals surface area contributed by atoms with Gasteiger partial charge in [-0.1, -0.05) is 85.9 Å². The predicted octanol–water partition coefficient (Wildman–Crippen LogP) is 4.46. The van der Waals surface area contributed by atoms with Crippen LogP contribution in [0.2, 0.25) is 0 Å². The molecule has 0 fully saturated rings. The van der Waals surface area contributed by atoms with Gasteiger partial charge in [0.05, 0.1) is 6.16 Å². The molecule has 1 aliphatic rings. The van der Waals surface area contributed by atoms with Crippen molar-refractivity contribution in [2.45, 2.75) is 47.0 Å². The molecule has 35 heavy (non-hydrogen) atoms. The summed E-state index contributed by atoms with van der Waals surface area (Å²) >= 11 is 0. The van der Waals surface area contributed by atoms with Crippen molar-refractivity contribution < 1.29 is 17.0 Å². The van der Waals surface area contributed by atoms with Gasteiger partial charge in [-0.25, -0.2) is 0 Å². The lowest BCUT2D eigenvalue weighted by molar-refractivity contribution is -0.00000725. The smallest absolute Gasteiger partial charge is 0.116 e. The van der Waals surface area contributed by atoms with Crippen molar-refractivity contribution >= 4 is 23.2 Å². The lowest BCUT2D eigenvalue weighted by Gasteiger charge is -2.31. The summed E-state index contributed by atoms with van der Waals surface area (Å²) in [7, 11) is -1.86. The lowest BCUT2D eigenvalue weighted by atomic mass is 9.73. The Morgan fingerprint density at radius 3 is 1.71 bits per heavy atom. The van der Waals surface area contributed by atoms with Gasteiger partial charge >= 0.3 is 0 Å². The van der Waals surface area contributed by atoms with E-state index in [2.05, 4.69) is 137 Å². The summed E-state index contributed by atoms with van der Waals surface area (Å²) in [4.78, 5) is 0. The van der Waals surface area contributed by atoms with E-state index in [0.29, 0.717) is 0 Å². The second-order valence-corrected chi connectivity index (χ2v) is 13.6. The number of rotatable bonds is 5. The van der Waals surface area contributed by atoms with Crippen molar-refractivity contribution in [3.63, 3.8) is 0 Å². The summed E-state index contributed by atoms with van der Waals surface area (Å²) in [6.07, 6.45) is 7.03. The Bertz CT molecular complexity index is 1130. The van der Waals surface area contributed by atoms with Gasteiger partial charge in [0.2, 0.25) is 0 Å². The van der Waals surface area contributed by atoms with Crippen molar-refractivity contribution in [2.75, 3.05) is 6.16 Å². The van der Waals surface area contributed by atoms with Gasteiger partial charge in [0, 0.05) is 5.57 Å². The molecule has 0 aliphatic heterocycles. The Balaban J connectivity index is 0.00000342. The van der Waals surface area contributed by atoms with Crippen molar-refractivity contribution in [2.24, 2.45) is 5.41 Å². The fourth-order valence-corrected chi connectivity index (χ4v) is 9.31. The molecule has 0 amide bonds. The first kappa shape index (κ1) is 27.2. The molecule has 0 bridgehead atoms. The minimum absolute atomic E-state index is 0. The van der Waals surface area contributed by atoms with Crippen LogP contribution in [0.15, 0.2) is 114 Å². The number of hydrogen-bond acceptors (Lipinski definition) is 0. The third kappa shape index (κ3) is 6.06. The SMILES string of the molecule is CC1=C(C#C/C(C)=C/C[P+](c2ccccc2)(c2ccccc2)c2ccccc2)C(C)(C)CCC1.[Br-]. The summed E-state index contributed by atoms with van der Waals surface area (Å²) in [5, 5.41) is 4.24. The minimum Gasteiger partial charge on any atom is -1.00 e. The van der Waals surface area contributed by atoms with Crippen LogP contribution in [0, 0.1) is 17.3 Å². The van der Waals surface area contributed by atoms with Crippen LogP contribution in [0.1, 0.15) is 47.0 Å². The molecule has 0 radical (unpaired) electrons. The van der Waals surface area contributed by atoms with Gasteiger partial charge in [-0.05, 0) is 86.6 Å². The molecule has 0 nitrogen and oxygen atoms in total. The quantitative estimate of drug-likeness (QED) is 0.330. The molecule has 0 unspecified atom stereocenters. The number of halogens is 1. The summed E-state index contributed by atoms with van der Waals surface area (Å²) in [5.41, 5.74) is 4.16. The fraction of sp³-hybridized carbons (Fsp3) is 0.273. The Morgan fingerprint density at radius 2 is 1.29 bits per heavy atom. The van der Waals surface area contributed by atoms with Crippen LogP contribution in [0.25, 0.3) is 0 Å². The first-order valence-corrected chi connectivity index (χ1v) is 14.3. The topological polar surface area (TPSA) is 0 Å². The first-order chi connectivity index (χ1) is 16.4. The maximum absolute atomic E-state index is 3.59. The van der Waals surface area contributed by atoms with E-state index in [1.54, 1.807) is 0 Å². The highest BCUT2D eigenvalue weighted by Crippen LogP contribution is 2.55. The molecule has 4 rings (SSSR count). The molecular formula is C33H36BrP. The summed E-state index contributed by atoms with van der Waals surface area (Å²) < 4.78 is 0. The predicted molar refractivity (Wildman–Crippen MR) is 152 cm³/mol. The van der Waals surface area contributed by atoms with Gasteiger partial charge in [-0.2, -0.15) is 0 Å². The summed E-state index contributed by atoms with van der Waals surface area (Å²) in [5.74, 6) is 7.13. The van der Waals surface area contributed by atoms with Crippen LogP contribution < -0.4 is 32.9 Å². The van der Waals surface area contributed by atoms with E-state index in [4.69, 9.17) is 0 Å². The average molecular weight is 544 g/mol. The lowest BCUT2D eigenvalue weighted by Crippen LogP contribution is -3.00. The molecule has 0 aromatic heterocycles. The van der Waals surface area contributed by atoms with Crippen molar-refractivity contribution in [1.29, 1.82) is 0 Å². The van der Waals surface area contributed by atoms with Gasteiger partial charge < -0.3 is 17.0 Å². The highest BCUT2D eigenvalue weighted by atomic mass is 79.9. The summed E-state index contributed by atoms with van der Waals surface area (Å²) in [6, 6.07) is 33.2. The fourth-order valence-electron chi connectivity index (χ4n) is 5.20. The Kier molecular flexibility index (Phi) is 9.35. The zero-order chi connectivity index (χ0) is 24.0. The third-order valence-corrected chi connectivity index (χ3v) is 11.4. The monoisotopic (exact) mass is 542 g/mol. The van der Waals surface area contributed by atoms with E-state index in [1.807, 2.05) is 0 Å². The van der Waals surface area contributed by atoms with Crippen molar-refractivity contribution in [3.8, 4) is 11.8 Å². The van der Waals surface area contributed by atoms with E-state index in [9.17, 15) is 0 Å². The van der Waals surface area contributed by atoms with Gasteiger partial charge in [-0.3, -0.25) is 0 Å². The highest BCUT2D eigenvalue weighted by Gasteiger charge is 2.44. The standard InChI is InChI=1S/C33H36P.BrH/c1-27(22-23-32-28(2)15-14-25-33(32,3)4)24-26-34(29-16-8-5-9-17-29,30-18-10-6-11-19-30)31-20-12-7-13-21-31;/h5-13,16-21,24H,14-15,25-26H2,1-4H3;1H/q+1;/p-1/b27-24+;. The zero-order valence-electron chi connectivity index (χ0n) is 21.4. The maximum atomic E-state index is 3.59. The molecule has 0 saturated carbocycles. The second-order valence-electron chi connectivity index (χ2n) is 10.0. The second kappa shape index (κ2) is 12.0. The Labute approximate surface area is 223 Å². The van der Waals surface area contributed by atoms with Gasteiger partial charge in [0.25, 0.3) is 0 Å². The van der Waals surface area contributed by atoms with Gasteiger partial charge in [-0.15, -0.1) is 0 Å². The number of allylic oxidation sites excluding steroid dienone is 4. The van der Waals surface area contributed by atoms with Crippen LogP contribution in [-0.4, -0.2) is 6.16 Å². The molecule has 3 aromatic rings. The third-order valence-electron chi connectivity index (χ3n) is 7.10. The van der Waals surface area contributed by atoms with Crippen molar-refractivity contribution in [1.82, 2.24) is 0 Å². The minimum atomic E-state index is -1.86. The Hall–Kier alpha value is -2.39. The normalized spacial score (nSPS) is 15.6. The molecule has 0 atom stereocenters. The first-order valence-electron chi connectivity index (χ1n) is 12.4. The Morgan fingerprint density at radius 1 is 0.829 bits per heavy atom. The molecule has 180 valence electrons. The average Bonchev–Trinajstić information content (AvgIpc) is 2.86. The van der Waals surface area contributed by atoms with Crippen LogP contribution in [0.3, 0.4) is 0 Å². The van der Waals surface area contributed by atoms with Crippen LogP contribution >= 0.6 is 7.26 Å². The van der Waals surface area contributed by atoms with Crippen molar-refractivity contribution in [3.05, 3.63) is 114 Å². The highest BCUT2D eigenvalue weighted by molar-refractivity contribution is 7.95. The molecule has 3 aromatic carbocycles.